The highest BCUT2D eigenvalue weighted by atomic mass is 16.1. The van der Waals surface area contributed by atoms with Gasteiger partial charge in [0.05, 0.1) is 0 Å². The molecule has 2 unspecified atom stereocenters. The molecule has 1 amide bonds. The van der Waals surface area contributed by atoms with Crippen LogP contribution < -0.4 is 10.6 Å². The molecule has 3 rings (SSSR count). The lowest BCUT2D eigenvalue weighted by molar-refractivity contribution is 0.0929. The minimum atomic E-state index is 0.00631. The normalized spacial score (nSPS) is 18.8. The quantitative estimate of drug-likeness (QED) is 0.837. The molecule has 0 radical (unpaired) electrons. The lowest BCUT2D eigenvalue weighted by Crippen LogP contribution is -2.47. The molecule has 1 aliphatic heterocycles. The van der Waals surface area contributed by atoms with Gasteiger partial charge in [-0.1, -0.05) is 60.2 Å². The molecule has 1 saturated heterocycles. The Balaban J connectivity index is 1.71. The Morgan fingerprint density at radius 2 is 1.84 bits per heavy atom. The van der Waals surface area contributed by atoms with Crippen LogP contribution in [0.2, 0.25) is 0 Å². The molecule has 0 spiro atoms. The molecule has 0 saturated carbocycles. The minimum Gasteiger partial charge on any atom is -0.347 e. The molecule has 0 aromatic heterocycles. The average molecular weight is 334 g/mol. The van der Waals surface area contributed by atoms with E-state index in [0.29, 0.717) is 6.04 Å². The van der Waals surface area contributed by atoms with Crippen LogP contribution in [-0.2, 0) is 0 Å². The van der Waals surface area contributed by atoms with Gasteiger partial charge in [0.25, 0.3) is 5.91 Å². The molecule has 2 aromatic carbocycles. The Hall–Kier alpha value is -2.39. The Bertz CT molecular complexity index is 703. The molecule has 3 heteroatoms. The van der Waals surface area contributed by atoms with Gasteiger partial charge in [-0.2, -0.15) is 0 Å². The Morgan fingerprint density at radius 3 is 2.48 bits per heavy atom. The van der Waals surface area contributed by atoms with Crippen LogP contribution in [-0.4, -0.2) is 24.5 Å². The third kappa shape index (κ3) is 5.04. The zero-order valence-corrected chi connectivity index (χ0v) is 14.7. The largest absolute Gasteiger partial charge is 0.347 e. The number of benzene rings is 2. The van der Waals surface area contributed by atoms with Crippen molar-refractivity contribution in [3.63, 3.8) is 0 Å². The first-order chi connectivity index (χ1) is 12.2. The summed E-state index contributed by atoms with van der Waals surface area (Å²) < 4.78 is 0. The highest BCUT2D eigenvalue weighted by molar-refractivity contribution is 5.94. The van der Waals surface area contributed by atoms with Crippen LogP contribution in [0, 0.1) is 0 Å². The van der Waals surface area contributed by atoms with E-state index in [-0.39, 0.29) is 11.9 Å². The summed E-state index contributed by atoms with van der Waals surface area (Å²) in [5.41, 5.74) is 3.20. The van der Waals surface area contributed by atoms with E-state index in [2.05, 4.69) is 35.8 Å². The van der Waals surface area contributed by atoms with Crippen LogP contribution in [0.15, 0.2) is 66.2 Å². The number of carbonyl (C=O) groups excluding carboxylic acids is 1. The predicted molar refractivity (Wildman–Crippen MR) is 103 cm³/mol. The topological polar surface area (TPSA) is 41.1 Å². The molecule has 2 atom stereocenters. The molecule has 2 aromatic rings. The highest BCUT2D eigenvalue weighted by Gasteiger charge is 2.26. The van der Waals surface area contributed by atoms with E-state index in [0.717, 1.165) is 24.9 Å². The van der Waals surface area contributed by atoms with Crippen LogP contribution in [0.3, 0.4) is 0 Å². The maximum atomic E-state index is 12.6. The summed E-state index contributed by atoms with van der Waals surface area (Å²) in [6.07, 6.45) is 5.34. The van der Waals surface area contributed by atoms with Gasteiger partial charge in [-0.25, -0.2) is 0 Å². The molecule has 25 heavy (non-hydrogen) atoms. The highest BCUT2D eigenvalue weighted by Crippen LogP contribution is 2.18. The summed E-state index contributed by atoms with van der Waals surface area (Å²) in [5, 5.41) is 6.79. The molecule has 130 valence electrons. The van der Waals surface area contributed by atoms with E-state index in [1.54, 1.807) is 0 Å². The van der Waals surface area contributed by atoms with Crippen LogP contribution in [0.5, 0.6) is 0 Å². The van der Waals surface area contributed by atoms with E-state index < -0.39 is 0 Å². The van der Waals surface area contributed by atoms with Gasteiger partial charge in [0, 0.05) is 17.6 Å². The zero-order chi connectivity index (χ0) is 17.5. The van der Waals surface area contributed by atoms with Gasteiger partial charge in [-0.05, 0) is 50.4 Å². The molecule has 3 nitrogen and oxygen atoms in total. The summed E-state index contributed by atoms with van der Waals surface area (Å²) in [4.78, 5) is 12.6. The number of hydrogen-bond donors (Lipinski definition) is 2. The second-order valence-electron chi connectivity index (χ2n) is 6.75. The van der Waals surface area contributed by atoms with Crippen molar-refractivity contribution in [2.24, 2.45) is 0 Å². The number of carbonyl (C=O) groups is 1. The van der Waals surface area contributed by atoms with E-state index in [1.165, 1.54) is 17.6 Å². The number of hydrogen-bond acceptors (Lipinski definition) is 2. The third-order valence-corrected chi connectivity index (χ3v) is 4.69. The van der Waals surface area contributed by atoms with Crippen LogP contribution in [0.1, 0.15) is 42.1 Å². The number of rotatable bonds is 6. The lowest BCUT2D eigenvalue weighted by Gasteiger charge is -2.25. The molecule has 0 aliphatic carbocycles. The monoisotopic (exact) mass is 334 g/mol. The van der Waals surface area contributed by atoms with Gasteiger partial charge in [0.2, 0.25) is 0 Å². The van der Waals surface area contributed by atoms with Gasteiger partial charge in [-0.15, -0.1) is 0 Å². The molecule has 1 aliphatic rings. The maximum absolute atomic E-state index is 12.6. The molecule has 2 N–H and O–H groups in total. The van der Waals surface area contributed by atoms with Crippen molar-refractivity contribution >= 4 is 12.0 Å². The van der Waals surface area contributed by atoms with Gasteiger partial charge in [-0.3, -0.25) is 4.79 Å². The maximum Gasteiger partial charge on any atom is 0.251 e. The Labute approximate surface area is 150 Å². The minimum absolute atomic E-state index is 0.00631. The predicted octanol–water partition coefficient (Wildman–Crippen LogP) is 4.03. The third-order valence-electron chi connectivity index (χ3n) is 4.69. The molecule has 1 fully saturated rings. The SMILES string of the molecule is C/C(=C/c1ccccc1)CC(NC(=O)c1ccccc1)C1CCCN1. The van der Waals surface area contributed by atoms with E-state index in [9.17, 15) is 4.79 Å². The number of amides is 1. The van der Waals surface area contributed by atoms with Crippen molar-refractivity contribution in [2.75, 3.05) is 6.54 Å². The first-order valence-electron chi connectivity index (χ1n) is 9.04. The second-order valence-corrected chi connectivity index (χ2v) is 6.75. The van der Waals surface area contributed by atoms with Crippen LogP contribution in [0.4, 0.5) is 0 Å². The summed E-state index contributed by atoms with van der Waals surface area (Å²) in [6, 6.07) is 20.2. The first kappa shape index (κ1) is 17.4. The van der Waals surface area contributed by atoms with Gasteiger partial charge >= 0.3 is 0 Å². The van der Waals surface area contributed by atoms with Crippen molar-refractivity contribution in [3.05, 3.63) is 77.4 Å². The van der Waals surface area contributed by atoms with Gasteiger partial charge in [0.15, 0.2) is 0 Å². The van der Waals surface area contributed by atoms with E-state index in [4.69, 9.17) is 0 Å². The summed E-state index contributed by atoms with van der Waals surface area (Å²) in [7, 11) is 0. The summed E-state index contributed by atoms with van der Waals surface area (Å²) in [5.74, 6) is 0.00631. The fraction of sp³-hybridized carbons (Fsp3) is 0.318. The molecule has 1 heterocycles. The first-order valence-corrected chi connectivity index (χ1v) is 9.04. The lowest BCUT2D eigenvalue weighted by atomic mass is 9.97. The van der Waals surface area contributed by atoms with Gasteiger partial charge < -0.3 is 10.6 Å². The van der Waals surface area contributed by atoms with Crippen molar-refractivity contribution in [3.8, 4) is 0 Å². The zero-order valence-electron chi connectivity index (χ0n) is 14.7. The molecular formula is C22H26N2O. The van der Waals surface area contributed by atoms with E-state index in [1.807, 2.05) is 48.5 Å². The Morgan fingerprint density at radius 1 is 1.16 bits per heavy atom. The van der Waals surface area contributed by atoms with Gasteiger partial charge in [0.1, 0.15) is 0 Å². The smallest absolute Gasteiger partial charge is 0.251 e. The summed E-state index contributed by atoms with van der Waals surface area (Å²) in [6.45, 7) is 3.17. The second kappa shape index (κ2) is 8.63. The van der Waals surface area contributed by atoms with Crippen LogP contribution in [0.25, 0.3) is 6.08 Å². The standard InChI is InChI=1S/C22H26N2O/c1-17(15-18-9-4-2-5-10-18)16-21(20-13-8-14-23-20)24-22(25)19-11-6-3-7-12-19/h2-7,9-12,15,20-21,23H,8,13-14,16H2,1H3,(H,24,25)/b17-15-. The fourth-order valence-corrected chi connectivity index (χ4v) is 3.43. The van der Waals surface area contributed by atoms with Crippen molar-refractivity contribution < 1.29 is 4.79 Å². The van der Waals surface area contributed by atoms with E-state index >= 15 is 0 Å². The Kier molecular flexibility index (Phi) is 6.02. The fourth-order valence-electron chi connectivity index (χ4n) is 3.43. The molecular weight excluding hydrogens is 308 g/mol. The summed E-state index contributed by atoms with van der Waals surface area (Å²) >= 11 is 0. The van der Waals surface area contributed by atoms with Crippen molar-refractivity contribution in [1.82, 2.24) is 10.6 Å². The number of nitrogens with one attached hydrogen (secondary N) is 2. The van der Waals surface area contributed by atoms with Crippen molar-refractivity contribution in [1.29, 1.82) is 0 Å². The van der Waals surface area contributed by atoms with Crippen LogP contribution >= 0.6 is 0 Å². The van der Waals surface area contributed by atoms with Crippen molar-refractivity contribution in [2.45, 2.75) is 38.3 Å². The molecule has 0 bridgehead atoms. The average Bonchev–Trinajstić information content (AvgIpc) is 3.17.